The second-order valence-corrected chi connectivity index (χ2v) is 5.78. The Morgan fingerprint density at radius 1 is 1.44 bits per heavy atom. The highest BCUT2D eigenvalue weighted by Crippen LogP contribution is 2.26. The zero-order valence-electron chi connectivity index (χ0n) is 10.8. The van der Waals surface area contributed by atoms with Crippen molar-refractivity contribution in [3.8, 4) is 5.82 Å². The molecule has 2 aromatic heterocycles. The van der Waals surface area contributed by atoms with Crippen LogP contribution >= 0.6 is 11.3 Å². The average molecular weight is 265 g/mol. The molecule has 0 atom stereocenters. The first-order valence-corrected chi connectivity index (χ1v) is 6.39. The number of aromatic nitrogens is 3. The minimum atomic E-state index is -0.396. The van der Waals surface area contributed by atoms with Crippen LogP contribution in [-0.4, -0.2) is 27.8 Å². The normalized spacial score (nSPS) is 11.6. The third kappa shape index (κ3) is 2.43. The third-order valence-electron chi connectivity index (χ3n) is 2.37. The van der Waals surface area contributed by atoms with E-state index < -0.39 is 5.97 Å². The predicted molar refractivity (Wildman–Crippen MR) is 69.3 cm³/mol. The van der Waals surface area contributed by atoms with E-state index in [1.165, 1.54) is 13.3 Å². The van der Waals surface area contributed by atoms with E-state index >= 15 is 0 Å². The maximum Gasteiger partial charge on any atom is 0.341 e. The van der Waals surface area contributed by atoms with Gasteiger partial charge in [-0.1, -0.05) is 20.8 Å². The predicted octanol–water partition coefficient (Wildman–Crippen LogP) is 2.41. The third-order valence-corrected chi connectivity index (χ3v) is 3.63. The highest BCUT2D eigenvalue weighted by molar-refractivity contribution is 7.10. The lowest BCUT2D eigenvalue weighted by atomic mass is 9.98. The molecule has 0 aromatic carbocycles. The zero-order chi connectivity index (χ0) is 13.3. The Labute approximate surface area is 109 Å². The number of rotatable bonds is 2. The molecule has 0 bridgehead atoms. The molecule has 0 saturated heterocycles. The number of ether oxygens (including phenoxy) is 1. The van der Waals surface area contributed by atoms with E-state index in [-0.39, 0.29) is 5.41 Å². The Kier molecular flexibility index (Phi) is 3.21. The topological polar surface area (TPSA) is 57.0 Å². The standard InChI is InChI=1S/C12H15N3O2S/c1-12(2,3)11-14-9(7-18-11)15-6-8(5-13-15)10(16)17-4/h5-7H,1-4H3. The summed E-state index contributed by atoms with van der Waals surface area (Å²) in [7, 11) is 1.35. The van der Waals surface area contributed by atoms with Gasteiger partial charge in [0.15, 0.2) is 5.82 Å². The smallest absolute Gasteiger partial charge is 0.341 e. The van der Waals surface area contributed by atoms with E-state index in [0.717, 1.165) is 10.8 Å². The second-order valence-electron chi connectivity index (χ2n) is 4.93. The summed E-state index contributed by atoms with van der Waals surface area (Å²) in [4.78, 5) is 15.8. The van der Waals surface area contributed by atoms with Crippen molar-refractivity contribution in [3.63, 3.8) is 0 Å². The van der Waals surface area contributed by atoms with Crippen LogP contribution in [0.2, 0.25) is 0 Å². The molecule has 0 fully saturated rings. The summed E-state index contributed by atoms with van der Waals surface area (Å²) >= 11 is 1.59. The first kappa shape index (κ1) is 12.8. The van der Waals surface area contributed by atoms with E-state index in [1.807, 2.05) is 5.38 Å². The van der Waals surface area contributed by atoms with Gasteiger partial charge < -0.3 is 4.74 Å². The molecular weight excluding hydrogens is 250 g/mol. The SMILES string of the molecule is COC(=O)c1cnn(-c2csc(C(C)(C)C)n2)c1. The molecule has 5 nitrogen and oxygen atoms in total. The molecular formula is C12H15N3O2S. The molecule has 0 N–H and O–H groups in total. The molecule has 0 radical (unpaired) electrons. The van der Waals surface area contributed by atoms with Crippen LogP contribution in [-0.2, 0) is 10.2 Å². The minimum absolute atomic E-state index is 0.0151. The van der Waals surface area contributed by atoms with Gasteiger partial charge in [-0.15, -0.1) is 11.3 Å². The summed E-state index contributed by atoms with van der Waals surface area (Å²) in [5.74, 6) is 0.326. The number of methoxy groups -OCH3 is 1. The quantitative estimate of drug-likeness (QED) is 0.782. The number of carbonyl (C=O) groups excluding carboxylic acids is 1. The maximum atomic E-state index is 11.3. The monoisotopic (exact) mass is 265 g/mol. The lowest BCUT2D eigenvalue weighted by Gasteiger charge is -2.13. The summed E-state index contributed by atoms with van der Waals surface area (Å²) in [6.45, 7) is 6.33. The maximum absolute atomic E-state index is 11.3. The van der Waals surface area contributed by atoms with Gasteiger partial charge in [-0.2, -0.15) is 5.10 Å². The zero-order valence-corrected chi connectivity index (χ0v) is 11.6. The number of thiazole rings is 1. The Balaban J connectivity index is 2.30. The van der Waals surface area contributed by atoms with E-state index in [1.54, 1.807) is 22.2 Å². The van der Waals surface area contributed by atoms with Crippen molar-refractivity contribution in [1.82, 2.24) is 14.8 Å². The van der Waals surface area contributed by atoms with Gasteiger partial charge in [0, 0.05) is 17.0 Å². The Bertz CT molecular complexity index is 566. The molecule has 0 aliphatic heterocycles. The summed E-state index contributed by atoms with van der Waals surface area (Å²) in [5, 5.41) is 7.07. The van der Waals surface area contributed by atoms with Crippen LogP contribution in [0.1, 0.15) is 36.1 Å². The van der Waals surface area contributed by atoms with Crippen LogP contribution in [0.3, 0.4) is 0 Å². The van der Waals surface area contributed by atoms with Crippen LogP contribution in [0.25, 0.3) is 5.82 Å². The number of hydrogen-bond donors (Lipinski definition) is 0. The van der Waals surface area contributed by atoms with Crippen LogP contribution in [0, 0.1) is 0 Å². The highest BCUT2D eigenvalue weighted by atomic mass is 32.1. The Hall–Kier alpha value is -1.69. The van der Waals surface area contributed by atoms with Crippen molar-refractivity contribution in [1.29, 1.82) is 0 Å². The minimum Gasteiger partial charge on any atom is -0.465 e. The van der Waals surface area contributed by atoms with E-state index in [0.29, 0.717) is 5.56 Å². The first-order valence-electron chi connectivity index (χ1n) is 5.51. The van der Waals surface area contributed by atoms with E-state index in [4.69, 9.17) is 0 Å². The molecule has 0 spiro atoms. The van der Waals surface area contributed by atoms with Crippen molar-refractivity contribution < 1.29 is 9.53 Å². The van der Waals surface area contributed by atoms with Gasteiger partial charge in [0.05, 0.1) is 18.9 Å². The van der Waals surface area contributed by atoms with Gasteiger partial charge in [-0.05, 0) is 0 Å². The van der Waals surface area contributed by atoms with E-state index in [9.17, 15) is 4.79 Å². The molecule has 0 aliphatic rings. The number of nitrogens with zero attached hydrogens (tertiary/aromatic N) is 3. The lowest BCUT2D eigenvalue weighted by molar-refractivity contribution is 0.0600. The Morgan fingerprint density at radius 3 is 2.72 bits per heavy atom. The molecule has 2 heterocycles. The van der Waals surface area contributed by atoms with Crippen LogP contribution < -0.4 is 0 Å². The number of hydrogen-bond acceptors (Lipinski definition) is 5. The van der Waals surface area contributed by atoms with Crippen molar-refractivity contribution >= 4 is 17.3 Å². The molecule has 2 rings (SSSR count). The van der Waals surface area contributed by atoms with Crippen molar-refractivity contribution in [2.24, 2.45) is 0 Å². The largest absolute Gasteiger partial charge is 0.465 e. The van der Waals surface area contributed by atoms with Gasteiger partial charge in [0.2, 0.25) is 0 Å². The molecule has 0 unspecified atom stereocenters. The fourth-order valence-corrected chi connectivity index (χ4v) is 2.26. The van der Waals surface area contributed by atoms with Gasteiger partial charge in [-0.25, -0.2) is 14.5 Å². The van der Waals surface area contributed by atoms with Crippen molar-refractivity contribution in [2.45, 2.75) is 26.2 Å². The van der Waals surface area contributed by atoms with Crippen LogP contribution in [0.15, 0.2) is 17.8 Å². The second kappa shape index (κ2) is 4.53. The van der Waals surface area contributed by atoms with Crippen LogP contribution in [0.4, 0.5) is 0 Å². The van der Waals surface area contributed by atoms with Gasteiger partial charge in [0.1, 0.15) is 5.01 Å². The van der Waals surface area contributed by atoms with Crippen LogP contribution in [0.5, 0.6) is 0 Å². The summed E-state index contributed by atoms with van der Waals surface area (Å²) < 4.78 is 6.22. The number of carbonyl (C=O) groups is 1. The summed E-state index contributed by atoms with van der Waals surface area (Å²) in [6.07, 6.45) is 3.09. The van der Waals surface area contributed by atoms with Gasteiger partial charge >= 0.3 is 5.97 Å². The molecule has 18 heavy (non-hydrogen) atoms. The molecule has 96 valence electrons. The molecule has 2 aromatic rings. The van der Waals surface area contributed by atoms with Gasteiger partial charge in [-0.3, -0.25) is 0 Å². The first-order chi connectivity index (χ1) is 8.41. The molecule has 0 saturated carbocycles. The molecule has 0 amide bonds. The number of esters is 1. The van der Waals surface area contributed by atoms with E-state index in [2.05, 4.69) is 35.6 Å². The summed E-state index contributed by atoms with van der Waals surface area (Å²) in [6, 6.07) is 0. The fraction of sp³-hybridized carbons (Fsp3) is 0.417. The van der Waals surface area contributed by atoms with Crippen molar-refractivity contribution in [2.75, 3.05) is 7.11 Å². The summed E-state index contributed by atoms with van der Waals surface area (Å²) in [5.41, 5.74) is 0.434. The molecule has 0 aliphatic carbocycles. The van der Waals surface area contributed by atoms with Crippen molar-refractivity contribution in [3.05, 3.63) is 28.3 Å². The highest BCUT2D eigenvalue weighted by Gasteiger charge is 2.19. The van der Waals surface area contributed by atoms with Gasteiger partial charge in [0.25, 0.3) is 0 Å². The fourth-order valence-electron chi connectivity index (χ4n) is 1.39. The Morgan fingerprint density at radius 2 is 2.17 bits per heavy atom. The average Bonchev–Trinajstić information content (AvgIpc) is 2.94. The molecule has 6 heteroatoms. The lowest BCUT2D eigenvalue weighted by Crippen LogP contribution is -2.10.